The van der Waals surface area contributed by atoms with Gasteiger partial charge in [0.15, 0.2) is 0 Å². The molecule has 2 aliphatic rings. The van der Waals surface area contributed by atoms with E-state index in [-0.39, 0.29) is 5.41 Å². The van der Waals surface area contributed by atoms with Crippen LogP contribution in [0, 0.1) is 10.8 Å². The number of benzene rings is 1. The maximum atomic E-state index is 5.45. The highest BCUT2D eigenvalue weighted by atomic mass is 16.5. The normalized spacial score (nSPS) is 25.2. The lowest BCUT2D eigenvalue weighted by molar-refractivity contribution is 0.416. The summed E-state index contributed by atoms with van der Waals surface area (Å²) in [4.78, 5) is 0. The van der Waals surface area contributed by atoms with Crippen LogP contribution in [0.4, 0.5) is 5.69 Å². The van der Waals surface area contributed by atoms with Gasteiger partial charge in [-0.3, -0.25) is 0 Å². The fourth-order valence-electron chi connectivity index (χ4n) is 4.10. The van der Waals surface area contributed by atoms with Crippen molar-refractivity contribution in [2.45, 2.75) is 33.1 Å². The first-order valence-corrected chi connectivity index (χ1v) is 6.31. The molecular weight excluding hydrogens is 210 g/mol. The smallest absolute Gasteiger partial charge is 0.142 e. The minimum Gasteiger partial charge on any atom is -0.495 e. The van der Waals surface area contributed by atoms with E-state index in [9.17, 15) is 0 Å². The molecule has 1 saturated carbocycles. The first-order valence-electron chi connectivity index (χ1n) is 6.31. The van der Waals surface area contributed by atoms with Crippen molar-refractivity contribution in [2.24, 2.45) is 10.8 Å². The third kappa shape index (κ3) is 0.907. The standard InChI is InChI=1S/C15H21NO/c1-13(2)14(3,4)15(13)9-16-12-10(15)7-6-8-11(12)17-5/h6-8,16H,9H2,1-5H3. The molecule has 1 aliphatic heterocycles. The van der Waals surface area contributed by atoms with Crippen LogP contribution in [0.5, 0.6) is 5.75 Å². The van der Waals surface area contributed by atoms with Crippen LogP contribution in [-0.2, 0) is 5.41 Å². The van der Waals surface area contributed by atoms with Gasteiger partial charge in [0.1, 0.15) is 5.75 Å². The van der Waals surface area contributed by atoms with Gasteiger partial charge in [0.2, 0.25) is 0 Å². The molecule has 0 bridgehead atoms. The number of methoxy groups -OCH3 is 1. The highest BCUT2D eigenvalue weighted by Crippen LogP contribution is 2.80. The van der Waals surface area contributed by atoms with Gasteiger partial charge < -0.3 is 10.1 Å². The second-order valence-corrected chi connectivity index (χ2v) is 6.39. The Balaban J connectivity index is 2.20. The van der Waals surface area contributed by atoms with E-state index >= 15 is 0 Å². The summed E-state index contributed by atoms with van der Waals surface area (Å²) in [5, 5.41) is 3.56. The van der Waals surface area contributed by atoms with Crippen molar-refractivity contribution in [3.63, 3.8) is 0 Å². The fourth-order valence-corrected chi connectivity index (χ4v) is 4.10. The Morgan fingerprint density at radius 3 is 2.29 bits per heavy atom. The van der Waals surface area contributed by atoms with E-state index in [0.29, 0.717) is 10.8 Å². The molecule has 0 atom stereocenters. The zero-order valence-corrected chi connectivity index (χ0v) is 11.3. The Labute approximate surface area is 103 Å². The van der Waals surface area contributed by atoms with Gasteiger partial charge in [-0.25, -0.2) is 0 Å². The number of hydrogen-bond donors (Lipinski definition) is 1. The summed E-state index contributed by atoms with van der Waals surface area (Å²) in [5.74, 6) is 0.970. The Hall–Kier alpha value is -1.18. The van der Waals surface area contributed by atoms with Gasteiger partial charge in [-0.05, 0) is 22.5 Å². The first-order chi connectivity index (χ1) is 7.90. The maximum Gasteiger partial charge on any atom is 0.142 e. The van der Waals surface area contributed by atoms with Crippen molar-refractivity contribution < 1.29 is 4.74 Å². The van der Waals surface area contributed by atoms with Crippen molar-refractivity contribution >= 4 is 5.69 Å². The number of anilines is 1. The largest absolute Gasteiger partial charge is 0.495 e. The van der Waals surface area contributed by atoms with Gasteiger partial charge in [-0.15, -0.1) is 0 Å². The summed E-state index contributed by atoms with van der Waals surface area (Å²) >= 11 is 0. The lowest BCUT2D eigenvalue weighted by Crippen LogP contribution is -2.18. The average molecular weight is 231 g/mol. The number of ether oxygens (including phenoxy) is 1. The lowest BCUT2D eigenvalue weighted by Gasteiger charge is -2.14. The summed E-state index contributed by atoms with van der Waals surface area (Å²) in [5.41, 5.74) is 3.58. The fraction of sp³-hybridized carbons (Fsp3) is 0.600. The van der Waals surface area contributed by atoms with Gasteiger partial charge in [-0.2, -0.15) is 0 Å². The molecule has 3 rings (SSSR count). The predicted molar refractivity (Wildman–Crippen MR) is 70.7 cm³/mol. The van der Waals surface area contributed by atoms with Crippen molar-refractivity contribution in [3.05, 3.63) is 23.8 Å². The van der Waals surface area contributed by atoms with Gasteiger partial charge in [0.25, 0.3) is 0 Å². The highest BCUT2D eigenvalue weighted by Gasteiger charge is 2.79. The molecule has 1 fully saturated rings. The molecule has 92 valence electrons. The van der Waals surface area contributed by atoms with E-state index in [4.69, 9.17) is 4.74 Å². The van der Waals surface area contributed by atoms with E-state index < -0.39 is 0 Å². The van der Waals surface area contributed by atoms with Crippen LogP contribution in [0.25, 0.3) is 0 Å². The average Bonchev–Trinajstić information content (AvgIpc) is 2.64. The zero-order chi connectivity index (χ0) is 12.5. The van der Waals surface area contributed by atoms with Gasteiger partial charge in [-0.1, -0.05) is 39.8 Å². The van der Waals surface area contributed by atoms with Crippen LogP contribution in [0.2, 0.25) is 0 Å². The first kappa shape index (κ1) is 10.9. The Bertz CT molecular complexity index is 474. The summed E-state index contributed by atoms with van der Waals surface area (Å²) in [6, 6.07) is 6.40. The van der Waals surface area contributed by atoms with Crippen LogP contribution in [-0.4, -0.2) is 13.7 Å². The summed E-state index contributed by atoms with van der Waals surface area (Å²) < 4.78 is 5.45. The Morgan fingerprint density at radius 1 is 1.12 bits per heavy atom. The predicted octanol–water partition coefficient (Wildman–Crippen LogP) is 3.42. The van der Waals surface area contributed by atoms with Gasteiger partial charge in [0.05, 0.1) is 12.8 Å². The minimum atomic E-state index is 0.268. The van der Waals surface area contributed by atoms with Crippen LogP contribution in [0.1, 0.15) is 33.3 Å². The molecule has 1 N–H and O–H groups in total. The number of para-hydroxylation sites is 1. The number of fused-ring (bicyclic) bond motifs is 2. The molecule has 0 aromatic heterocycles. The number of rotatable bonds is 1. The molecular formula is C15H21NO. The number of nitrogens with one attached hydrogen (secondary N) is 1. The van der Waals surface area contributed by atoms with Crippen molar-refractivity contribution in [3.8, 4) is 5.75 Å². The summed E-state index contributed by atoms with van der Waals surface area (Å²) in [6.45, 7) is 10.5. The lowest BCUT2D eigenvalue weighted by atomic mass is 9.88. The molecule has 0 amide bonds. The van der Waals surface area contributed by atoms with Gasteiger partial charge >= 0.3 is 0 Å². The molecule has 2 nitrogen and oxygen atoms in total. The monoisotopic (exact) mass is 231 g/mol. The van der Waals surface area contributed by atoms with Crippen LogP contribution >= 0.6 is 0 Å². The molecule has 1 heterocycles. The third-order valence-electron chi connectivity index (χ3n) is 5.87. The van der Waals surface area contributed by atoms with Crippen LogP contribution in [0.15, 0.2) is 18.2 Å². The summed E-state index contributed by atoms with van der Waals surface area (Å²) in [6.07, 6.45) is 0. The molecule has 1 aromatic carbocycles. The molecule has 1 spiro atoms. The molecule has 0 unspecified atom stereocenters. The highest BCUT2D eigenvalue weighted by molar-refractivity contribution is 5.73. The quantitative estimate of drug-likeness (QED) is 0.799. The topological polar surface area (TPSA) is 21.3 Å². The maximum absolute atomic E-state index is 5.45. The van der Waals surface area contributed by atoms with E-state index in [0.717, 1.165) is 12.3 Å². The van der Waals surface area contributed by atoms with Gasteiger partial charge in [0, 0.05) is 12.0 Å². The van der Waals surface area contributed by atoms with Crippen LogP contribution in [0.3, 0.4) is 0 Å². The molecule has 1 aliphatic carbocycles. The second kappa shape index (κ2) is 2.80. The van der Waals surface area contributed by atoms with E-state index in [2.05, 4.69) is 45.1 Å². The van der Waals surface area contributed by atoms with Crippen LogP contribution < -0.4 is 10.1 Å². The van der Waals surface area contributed by atoms with E-state index in [1.807, 2.05) is 6.07 Å². The molecule has 0 saturated heterocycles. The van der Waals surface area contributed by atoms with Crippen molar-refractivity contribution in [1.29, 1.82) is 0 Å². The second-order valence-electron chi connectivity index (χ2n) is 6.39. The number of hydrogen-bond acceptors (Lipinski definition) is 2. The van der Waals surface area contributed by atoms with E-state index in [1.54, 1.807) is 7.11 Å². The molecule has 0 radical (unpaired) electrons. The molecule has 1 aromatic rings. The summed E-state index contributed by atoms with van der Waals surface area (Å²) in [7, 11) is 1.74. The Morgan fingerprint density at radius 2 is 1.76 bits per heavy atom. The Kier molecular flexibility index (Phi) is 1.80. The molecule has 2 heteroatoms. The SMILES string of the molecule is COc1cccc2c1NCC21C(C)(C)C1(C)C. The minimum absolute atomic E-state index is 0.268. The van der Waals surface area contributed by atoms with Crippen molar-refractivity contribution in [2.75, 3.05) is 19.0 Å². The third-order valence-corrected chi connectivity index (χ3v) is 5.87. The van der Waals surface area contributed by atoms with E-state index in [1.165, 1.54) is 11.3 Å². The zero-order valence-electron chi connectivity index (χ0n) is 11.3. The van der Waals surface area contributed by atoms with Crippen molar-refractivity contribution in [1.82, 2.24) is 0 Å². The molecule has 17 heavy (non-hydrogen) atoms.